The zero-order valence-electron chi connectivity index (χ0n) is 66.0. The lowest BCUT2D eigenvalue weighted by Gasteiger charge is -2.20. The molecular weight excluding hydrogens is 1540 g/mol. The first-order valence-corrected chi connectivity index (χ1v) is 40.0. The van der Waals surface area contributed by atoms with E-state index in [0.29, 0.717) is 5.56 Å². The van der Waals surface area contributed by atoms with Gasteiger partial charge in [-0.3, -0.25) is 9.59 Å². The number of carbonyl (C=O) groups is 2. The fraction of sp³-hybridized carbons (Fsp3) is 0.00917. The summed E-state index contributed by atoms with van der Waals surface area (Å²) >= 11 is 0. The third-order valence-electron chi connectivity index (χ3n) is 22.3. The first-order valence-electron chi connectivity index (χ1n) is 40.0. The lowest BCUT2D eigenvalue weighted by molar-refractivity contribution is 0.101. The Morgan fingerprint density at radius 1 is 0.252 bits per heavy atom. The largest absolute Gasteiger partial charge is 0.309 e. The van der Waals surface area contributed by atoms with E-state index >= 15 is 0 Å². The number of hydrogen-bond donors (Lipinski definition) is 0. The van der Waals surface area contributed by atoms with Crippen molar-refractivity contribution in [2.24, 2.45) is 0 Å². The van der Waals surface area contributed by atoms with Crippen LogP contribution in [0.3, 0.4) is 0 Å². The van der Waals surface area contributed by atoms with Crippen molar-refractivity contribution in [2.75, 3.05) is 0 Å². The number of para-hydroxylation sites is 8. The molecule has 0 radical (unpaired) electrons. The van der Waals surface area contributed by atoms with Crippen LogP contribution >= 0.6 is 0 Å². The van der Waals surface area contributed by atoms with E-state index in [1.165, 1.54) is 50.0 Å². The molecule has 590 valence electrons. The topological polar surface area (TPSA) is 79.6 Å². The quantitative estimate of drug-likeness (QED) is 0.0693. The van der Waals surface area contributed by atoms with E-state index in [9.17, 15) is 35.9 Å². The standard InChI is InChI=1S/C71H45N5.C23H13F4N.C8H6F2O.C7H6O/c1-2-20-46(21-3-1)47-42-60(58-44-48(73-62-30-12-4-22-50(62)51-23-5-13-31-63(51)73)38-40-70(58)75-66-34-16-8-26-54(66)55-27-9-17-35-67(55)75)72-61(43-47)59-45-49(74-64-32-14-6-24-52(64)53-25-7-15-33-65(53)74)39-41-71(59)76-68-36-18-10-28-56(68)57-29-11-19-37-69(57)76;24-16-6-8-20(26)18(12-16)22-10-15(14-4-2-1-3-5-14)11-23(28-22)19-13-17(25)7-9-21(19)27;1-5(11)7-4-6(9)2-3-8(7)10;8-6-7-4-2-1-3-5-7/h1-45H;1-13H;2-4H,1H3;1-6H. The predicted molar refractivity (Wildman–Crippen MR) is 486 cm³/mol. The minimum absolute atomic E-state index is 0.0594. The van der Waals surface area contributed by atoms with Crippen LogP contribution in [0.2, 0.25) is 0 Å². The summed E-state index contributed by atoms with van der Waals surface area (Å²) in [5.41, 5.74) is 21.4. The Kier molecular flexibility index (Phi) is 20.6. The number of carbonyl (C=O) groups excluding carboxylic acids is 2. The molecule has 0 amide bonds. The van der Waals surface area contributed by atoms with Crippen molar-refractivity contribution in [1.82, 2.24) is 28.2 Å². The van der Waals surface area contributed by atoms with Crippen molar-refractivity contribution < 1.29 is 35.9 Å². The molecule has 0 saturated carbocycles. The summed E-state index contributed by atoms with van der Waals surface area (Å²) < 4.78 is 90.8. The van der Waals surface area contributed by atoms with Gasteiger partial charge >= 0.3 is 0 Å². The van der Waals surface area contributed by atoms with Crippen LogP contribution in [0.1, 0.15) is 27.6 Å². The van der Waals surface area contributed by atoms with Gasteiger partial charge in [-0.15, -0.1) is 0 Å². The van der Waals surface area contributed by atoms with E-state index < -0.39 is 40.7 Å². The zero-order chi connectivity index (χ0) is 83.8. The molecule has 0 N–H and O–H groups in total. The van der Waals surface area contributed by atoms with Gasteiger partial charge < -0.3 is 18.3 Å². The second kappa shape index (κ2) is 33.0. The molecular formula is C109H70F6N6O2. The number of hydrogen-bond acceptors (Lipinski definition) is 4. The first-order chi connectivity index (χ1) is 60.3. The predicted octanol–water partition coefficient (Wildman–Crippen LogP) is 28.8. The summed E-state index contributed by atoms with van der Waals surface area (Å²) in [4.78, 5) is 30.9. The van der Waals surface area contributed by atoms with Crippen molar-refractivity contribution in [3.05, 3.63) is 446 Å². The minimum Gasteiger partial charge on any atom is -0.309 e. The molecule has 0 fully saturated rings. The maximum absolute atomic E-state index is 14.3. The molecule has 8 nitrogen and oxygen atoms in total. The average Bonchev–Trinajstić information content (AvgIpc) is 1.60. The molecule has 22 rings (SSSR count). The van der Waals surface area contributed by atoms with Gasteiger partial charge in [-0.2, -0.15) is 0 Å². The molecule has 0 aliphatic rings. The van der Waals surface area contributed by atoms with E-state index in [0.717, 1.165) is 173 Å². The molecule has 123 heavy (non-hydrogen) atoms. The number of pyridine rings is 2. The van der Waals surface area contributed by atoms with Crippen LogP contribution in [0.5, 0.6) is 0 Å². The molecule has 14 heteroatoms. The van der Waals surface area contributed by atoms with Crippen LogP contribution in [0.15, 0.2) is 400 Å². The van der Waals surface area contributed by atoms with E-state index in [4.69, 9.17) is 4.98 Å². The number of nitrogens with zero attached hydrogens (tertiary/aromatic N) is 6. The Morgan fingerprint density at radius 3 is 0.813 bits per heavy atom. The van der Waals surface area contributed by atoms with Crippen molar-refractivity contribution in [1.29, 1.82) is 0 Å². The van der Waals surface area contributed by atoms with Crippen LogP contribution < -0.4 is 0 Å². The second-order valence-electron chi connectivity index (χ2n) is 29.8. The van der Waals surface area contributed by atoms with Crippen LogP contribution in [-0.2, 0) is 0 Å². The Labute approximate surface area is 702 Å². The molecule has 6 aromatic heterocycles. The van der Waals surface area contributed by atoms with Gasteiger partial charge in [-0.05, 0) is 193 Å². The summed E-state index contributed by atoms with van der Waals surface area (Å²) in [6.45, 7) is 1.19. The Morgan fingerprint density at radius 2 is 0.520 bits per heavy atom. The van der Waals surface area contributed by atoms with Crippen molar-refractivity contribution in [3.63, 3.8) is 0 Å². The van der Waals surface area contributed by atoms with Gasteiger partial charge in [-0.1, -0.05) is 237 Å². The molecule has 0 atom stereocenters. The molecule has 0 spiro atoms. The van der Waals surface area contributed by atoms with Gasteiger partial charge in [0, 0.05) is 82.3 Å². The summed E-state index contributed by atoms with van der Waals surface area (Å²) in [6.07, 6.45) is 0.833. The number of aldehydes is 1. The monoisotopic (exact) mass is 1610 g/mol. The van der Waals surface area contributed by atoms with Crippen LogP contribution in [0.4, 0.5) is 26.3 Å². The molecule has 0 aliphatic heterocycles. The highest BCUT2D eigenvalue weighted by molar-refractivity contribution is 6.13. The van der Waals surface area contributed by atoms with Crippen molar-refractivity contribution >= 4 is 99.3 Å². The van der Waals surface area contributed by atoms with E-state index in [1.54, 1.807) is 24.3 Å². The van der Waals surface area contributed by atoms with E-state index in [-0.39, 0.29) is 28.1 Å². The number of fused-ring (bicyclic) bond motifs is 12. The summed E-state index contributed by atoms with van der Waals surface area (Å²) in [5.74, 6) is -4.32. The van der Waals surface area contributed by atoms with Gasteiger partial charge in [0.1, 0.15) is 41.2 Å². The number of ketones is 1. The summed E-state index contributed by atoms with van der Waals surface area (Å²) in [6, 6.07) is 130. The first kappa shape index (κ1) is 76.9. The molecule has 0 aliphatic carbocycles. The highest BCUT2D eigenvalue weighted by Crippen LogP contribution is 2.45. The summed E-state index contributed by atoms with van der Waals surface area (Å²) in [5, 5.41) is 9.72. The number of benzene rings is 16. The van der Waals surface area contributed by atoms with Gasteiger partial charge in [0.15, 0.2) is 5.78 Å². The fourth-order valence-corrected chi connectivity index (χ4v) is 16.8. The lowest BCUT2D eigenvalue weighted by Crippen LogP contribution is -2.04. The normalized spacial score (nSPS) is 11.3. The number of halogens is 6. The average molecular weight is 1610 g/mol. The lowest BCUT2D eigenvalue weighted by atomic mass is 9.97. The molecule has 16 aromatic carbocycles. The van der Waals surface area contributed by atoms with Gasteiger partial charge in [0.25, 0.3) is 0 Å². The number of aromatic nitrogens is 6. The highest BCUT2D eigenvalue weighted by atomic mass is 19.1. The third-order valence-corrected chi connectivity index (χ3v) is 22.3. The molecule has 0 bridgehead atoms. The number of rotatable bonds is 12. The highest BCUT2D eigenvalue weighted by Gasteiger charge is 2.25. The van der Waals surface area contributed by atoms with Gasteiger partial charge in [-0.25, -0.2) is 36.3 Å². The van der Waals surface area contributed by atoms with Crippen LogP contribution in [0.25, 0.3) is 177 Å². The van der Waals surface area contributed by atoms with Gasteiger partial charge in [0.2, 0.25) is 0 Å². The smallest absolute Gasteiger partial charge is 0.162 e. The maximum atomic E-state index is 14.3. The SMILES string of the molecule is CC(=O)c1cc(F)ccc1F.Fc1ccc(F)c(-c2cc(-c3ccccc3)cc(-c3cc(F)ccc3F)n2)c1.O=Cc1ccccc1.c1ccc(-c2cc(-c3cc(-n4c5ccccc5c5ccccc54)ccc3-n3c4ccccc4c4ccccc43)nc(-c3cc(-n4c5ccccc5c5ccccc54)ccc3-n3c4ccccc4c4ccccc43)c2)cc1. The Bertz CT molecular complexity index is 7270. The van der Waals surface area contributed by atoms with Gasteiger partial charge in [0.05, 0.1) is 83.8 Å². The molecule has 0 unspecified atom stereocenters. The van der Waals surface area contributed by atoms with Crippen LogP contribution in [-0.4, -0.2) is 40.3 Å². The maximum Gasteiger partial charge on any atom is 0.162 e. The second-order valence-corrected chi connectivity index (χ2v) is 29.8. The Balaban J connectivity index is 0.000000171. The van der Waals surface area contributed by atoms with E-state index in [1.807, 2.05) is 48.5 Å². The fourth-order valence-electron chi connectivity index (χ4n) is 16.8. The van der Waals surface area contributed by atoms with E-state index in [2.05, 4.69) is 296 Å². The van der Waals surface area contributed by atoms with Crippen LogP contribution in [0, 0.1) is 34.9 Å². The zero-order valence-corrected chi connectivity index (χ0v) is 66.0. The Hall–Kier alpha value is -16.1. The number of Topliss-reactive ketones (excluding diaryl/α,β-unsaturated/α-hetero) is 1. The third kappa shape index (κ3) is 14.7. The summed E-state index contributed by atoms with van der Waals surface area (Å²) in [7, 11) is 0. The molecule has 0 saturated heterocycles. The van der Waals surface area contributed by atoms with Crippen molar-refractivity contribution in [3.8, 4) is 90.0 Å². The molecule has 6 heterocycles. The van der Waals surface area contributed by atoms with Crippen molar-refractivity contribution in [2.45, 2.75) is 6.92 Å². The molecule has 22 aromatic rings. The minimum atomic E-state index is -0.682.